The van der Waals surface area contributed by atoms with Crippen molar-refractivity contribution in [3.63, 3.8) is 0 Å². The zero-order valence-corrected chi connectivity index (χ0v) is 10.2. The van der Waals surface area contributed by atoms with Gasteiger partial charge in [-0.3, -0.25) is 0 Å². The second-order valence-electron chi connectivity index (χ2n) is 3.70. The van der Waals surface area contributed by atoms with Crippen LogP contribution in [0.5, 0.6) is 0 Å². The van der Waals surface area contributed by atoms with Gasteiger partial charge in [0.05, 0.1) is 19.9 Å². The number of furan rings is 1. The Bertz CT molecular complexity index is 508. The lowest BCUT2D eigenvalue weighted by Crippen LogP contribution is -2.18. The summed E-state index contributed by atoms with van der Waals surface area (Å²) in [5.74, 6) is 0.984. The molecule has 0 N–H and O–H groups in total. The molecule has 6 nitrogen and oxygen atoms in total. The second-order valence-corrected chi connectivity index (χ2v) is 3.70. The van der Waals surface area contributed by atoms with E-state index >= 15 is 0 Å². The Balaban J connectivity index is 2.07. The Kier molecular flexibility index (Phi) is 3.57. The molecule has 2 heterocycles. The van der Waals surface area contributed by atoms with Crippen molar-refractivity contribution in [1.82, 2.24) is 10.2 Å². The van der Waals surface area contributed by atoms with Gasteiger partial charge >= 0.3 is 5.97 Å². The van der Waals surface area contributed by atoms with Crippen molar-refractivity contribution in [3.05, 3.63) is 42.0 Å². The van der Waals surface area contributed by atoms with Gasteiger partial charge < -0.3 is 14.1 Å². The van der Waals surface area contributed by atoms with Crippen LogP contribution < -0.4 is 4.90 Å². The lowest BCUT2D eigenvalue weighted by Gasteiger charge is -2.15. The summed E-state index contributed by atoms with van der Waals surface area (Å²) in [5, 5.41) is 7.76. The number of methoxy groups -OCH3 is 1. The third-order valence-corrected chi connectivity index (χ3v) is 2.41. The van der Waals surface area contributed by atoms with Gasteiger partial charge in [-0.25, -0.2) is 4.79 Å². The fourth-order valence-electron chi connectivity index (χ4n) is 1.46. The molecule has 0 amide bonds. The highest BCUT2D eigenvalue weighted by Crippen LogP contribution is 2.12. The molecule has 0 aliphatic carbocycles. The maximum absolute atomic E-state index is 11.2. The minimum absolute atomic E-state index is 0.188. The van der Waals surface area contributed by atoms with E-state index in [1.54, 1.807) is 18.4 Å². The first-order chi connectivity index (χ1) is 8.70. The predicted octanol–water partition coefficient (Wildman–Crippen LogP) is 1.49. The summed E-state index contributed by atoms with van der Waals surface area (Å²) in [6.45, 7) is 0.583. The van der Waals surface area contributed by atoms with Gasteiger partial charge in [0, 0.05) is 7.05 Å². The largest absolute Gasteiger partial charge is 0.467 e. The summed E-state index contributed by atoms with van der Waals surface area (Å²) in [5.41, 5.74) is 0.188. The molecule has 94 valence electrons. The molecule has 0 atom stereocenters. The van der Waals surface area contributed by atoms with E-state index < -0.39 is 5.97 Å². The second kappa shape index (κ2) is 5.31. The predicted molar refractivity (Wildman–Crippen MR) is 64.2 cm³/mol. The molecule has 0 spiro atoms. The van der Waals surface area contributed by atoms with Crippen LogP contribution in [0, 0.1) is 0 Å². The zero-order valence-electron chi connectivity index (χ0n) is 10.2. The molecule has 0 saturated carbocycles. The Morgan fingerprint density at radius 1 is 1.39 bits per heavy atom. The third-order valence-electron chi connectivity index (χ3n) is 2.41. The van der Waals surface area contributed by atoms with Crippen molar-refractivity contribution >= 4 is 11.8 Å². The molecule has 0 aromatic carbocycles. The molecule has 0 saturated heterocycles. The van der Waals surface area contributed by atoms with Crippen LogP contribution in [0.3, 0.4) is 0 Å². The minimum atomic E-state index is -0.497. The lowest BCUT2D eigenvalue weighted by atomic mass is 10.3. The average molecular weight is 247 g/mol. The van der Waals surface area contributed by atoms with Gasteiger partial charge in [-0.1, -0.05) is 0 Å². The molecule has 18 heavy (non-hydrogen) atoms. The van der Waals surface area contributed by atoms with Crippen molar-refractivity contribution in [2.75, 3.05) is 19.1 Å². The van der Waals surface area contributed by atoms with Gasteiger partial charge in [0.1, 0.15) is 5.76 Å². The number of aromatic nitrogens is 2. The summed E-state index contributed by atoms with van der Waals surface area (Å²) in [6, 6.07) is 7.00. The highest BCUT2D eigenvalue weighted by atomic mass is 16.5. The van der Waals surface area contributed by atoms with E-state index in [1.165, 1.54) is 7.11 Å². The minimum Gasteiger partial charge on any atom is -0.467 e. The third kappa shape index (κ3) is 2.65. The lowest BCUT2D eigenvalue weighted by molar-refractivity contribution is 0.0592. The first kappa shape index (κ1) is 12.1. The monoisotopic (exact) mass is 247 g/mol. The van der Waals surface area contributed by atoms with Gasteiger partial charge in [-0.15, -0.1) is 10.2 Å². The van der Waals surface area contributed by atoms with Crippen molar-refractivity contribution in [2.45, 2.75) is 6.54 Å². The van der Waals surface area contributed by atoms with Gasteiger partial charge in [0.15, 0.2) is 11.5 Å². The molecular formula is C12H13N3O3. The van der Waals surface area contributed by atoms with E-state index in [9.17, 15) is 4.79 Å². The topological polar surface area (TPSA) is 68.5 Å². The summed E-state index contributed by atoms with van der Waals surface area (Å²) in [4.78, 5) is 13.1. The number of rotatable bonds is 4. The van der Waals surface area contributed by atoms with E-state index in [1.807, 2.05) is 24.1 Å². The van der Waals surface area contributed by atoms with Crippen LogP contribution >= 0.6 is 0 Å². The molecule has 0 aliphatic heterocycles. The summed E-state index contributed by atoms with van der Waals surface area (Å²) in [7, 11) is 3.17. The summed E-state index contributed by atoms with van der Waals surface area (Å²) >= 11 is 0. The Morgan fingerprint density at radius 3 is 2.78 bits per heavy atom. The van der Waals surface area contributed by atoms with Crippen LogP contribution in [0.1, 0.15) is 16.2 Å². The van der Waals surface area contributed by atoms with Crippen LogP contribution in [-0.4, -0.2) is 30.3 Å². The van der Waals surface area contributed by atoms with E-state index in [4.69, 9.17) is 4.42 Å². The number of nitrogens with zero attached hydrogens (tertiary/aromatic N) is 3. The fourth-order valence-corrected chi connectivity index (χ4v) is 1.46. The fraction of sp³-hybridized carbons (Fsp3) is 0.250. The van der Waals surface area contributed by atoms with Crippen LogP contribution in [-0.2, 0) is 11.3 Å². The number of hydrogen-bond donors (Lipinski definition) is 0. The van der Waals surface area contributed by atoms with Crippen LogP contribution in [0.4, 0.5) is 5.82 Å². The van der Waals surface area contributed by atoms with Gasteiger partial charge in [0.25, 0.3) is 0 Å². The number of esters is 1. The van der Waals surface area contributed by atoms with Crippen molar-refractivity contribution in [3.8, 4) is 0 Å². The molecule has 0 bridgehead atoms. The van der Waals surface area contributed by atoms with Gasteiger partial charge in [-0.2, -0.15) is 0 Å². The Morgan fingerprint density at radius 2 is 2.22 bits per heavy atom. The summed E-state index contributed by atoms with van der Waals surface area (Å²) < 4.78 is 9.79. The van der Waals surface area contributed by atoms with Gasteiger partial charge in [0.2, 0.25) is 0 Å². The molecule has 0 unspecified atom stereocenters. The van der Waals surface area contributed by atoms with E-state index in [2.05, 4.69) is 14.9 Å². The maximum atomic E-state index is 11.2. The molecule has 0 fully saturated rings. The van der Waals surface area contributed by atoms with Crippen LogP contribution in [0.2, 0.25) is 0 Å². The van der Waals surface area contributed by atoms with Crippen LogP contribution in [0.25, 0.3) is 0 Å². The van der Waals surface area contributed by atoms with E-state index in [-0.39, 0.29) is 5.69 Å². The summed E-state index contributed by atoms with van der Waals surface area (Å²) in [6.07, 6.45) is 1.62. The van der Waals surface area contributed by atoms with E-state index in [0.29, 0.717) is 12.4 Å². The highest BCUT2D eigenvalue weighted by molar-refractivity contribution is 5.86. The maximum Gasteiger partial charge on any atom is 0.358 e. The van der Waals surface area contributed by atoms with Gasteiger partial charge in [-0.05, 0) is 24.3 Å². The molecular weight excluding hydrogens is 234 g/mol. The molecule has 2 rings (SSSR count). The normalized spacial score (nSPS) is 10.1. The highest BCUT2D eigenvalue weighted by Gasteiger charge is 2.10. The zero-order chi connectivity index (χ0) is 13.0. The smallest absolute Gasteiger partial charge is 0.358 e. The molecule has 0 radical (unpaired) electrons. The van der Waals surface area contributed by atoms with E-state index in [0.717, 1.165) is 5.76 Å². The molecule has 6 heteroatoms. The molecule has 2 aromatic rings. The van der Waals surface area contributed by atoms with Crippen molar-refractivity contribution < 1.29 is 13.9 Å². The Hall–Kier alpha value is -2.37. The standard InChI is InChI=1S/C12H13N3O3/c1-15(8-9-4-3-7-18-9)11-6-5-10(13-14-11)12(16)17-2/h3-7H,8H2,1-2H3. The molecule has 0 aliphatic rings. The quantitative estimate of drug-likeness (QED) is 0.762. The molecule has 2 aromatic heterocycles. The number of anilines is 1. The van der Waals surface area contributed by atoms with Crippen molar-refractivity contribution in [2.24, 2.45) is 0 Å². The number of carbonyl (C=O) groups excluding carboxylic acids is 1. The Labute approximate surface area is 104 Å². The first-order valence-electron chi connectivity index (χ1n) is 5.36. The van der Waals surface area contributed by atoms with Crippen LogP contribution in [0.15, 0.2) is 34.9 Å². The SMILES string of the molecule is COC(=O)c1ccc(N(C)Cc2ccco2)nn1. The number of hydrogen-bond acceptors (Lipinski definition) is 6. The first-order valence-corrected chi connectivity index (χ1v) is 5.36. The number of carbonyl (C=O) groups is 1. The van der Waals surface area contributed by atoms with Crippen molar-refractivity contribution in [1.29, 1.82) is 0 Å². The average Bonchev–Trinajstić information content (AvgIpc) is 2.91. The number of ether oxygens (including phenoxy) is 1.